The van der Waals surface area contributed by atoms with Crippen LogP contribution in [-0.4, -0.2) is 13.2 Å². The van der Waals surface area contributed by atoms with Gasteiger partial charge < -0.3 is 10.5 Å². The highest BCUT2D eigenvalue weighted by molar-refractivity contribution is 5.41. The summed E-state index contributed by atoms with van der Waals surface area (Å²) in [7, 11) is 1.72. The first-order valence-corrected chi connectivity index (χ1v) is 7.24. The van der Waals surface area contributed by atoms with Crippen molar-refractivity contribution in [3.8, 4) is 5.75 Å². The number of fused-ring (bicyclic) bond motifs is 1. The van der Waals surface area contributed by atoms with Crippen LogP contribution in [0.3, 0.4) is 0 Å². The van der Waals surface area contributed by atoms with Crippen molar-refractivity contribution < 1.29 is 4.74 Å². The van der Waals surface area contributed by atoms with Crippen molar-refractivity contribution in [3.63, 3.8) is 0 Å². The van der Waals surface area contributed by atoms with Crippen LogP contribution in [0, 0.1) is 0 Å². The maximum absolute atomic E-state index is 6.38. The predicted molar refractivity (Wildman–Crippen MR) is 82.2 cm³/mol. The smallest absolute Gasteiger partial charge is 0.119 e. The molecule has 20 heavy (non-hydrogen) atoms. The van der Waals surface area contributed by atoms with Crippen LogP contribution in [0.2, 0.25) is 0 Å². The molecule has 2 N–H and O–H groups in total. The van der Waals surface area contributed by atoms with E-state index in [0.29, 0.717) is 5.92 Å². The zero-order valence-corrected chi connectivity index (χ0v) is 11.9. The van der Waals surface area contributed by atoms with Gasteiger partial charge in [-0.15, -0.1) is 0 Å². The molecule has 0 aliphatic heterocycles. The van der Waals surface area contributed by atoms with E-state index in [1.165, 1.54) is 16.7 Å². The lowest BCUT2D eigenvalue weighted by molar-refractivity contribution is 0.411. The SMILES string of the molecule is COc1ccc2c(c1)CCC(N)C2Cc1ccccc1. The van der Waals surface area contributed by atoms with Crippen molar-refractivity contribution in [3.05, 3.63) is 65.2 Å². The van der Waals surface area contributed by atoms with Crippen molar-refractivity contribution in [1.29, 1.82) is 0 Å². The fraction of sp³-hybridized carbons (Fsp3) is 0.333. The summed E-state index contributed by atoms with van der Waals surface area (Å²) in [5.41, 5.74) is 10.5. The molecule has 0 saturated heterocycles. The van der Waals surface area contributed by atoms with Crippen molar-refractivity contribution in [2.45, 2.75) is 31.2 Å². The molecule has 0 amide bonds. The third-order valence-corrected chi connectivity index (χ3v) is 4.31. The molecule has 3 rings (SSSR count). The molecule has 1 aliphatic rings. The van der Waals surface area contributed by atoms with Crippen LogP contribution in [0.1, 0.15) is 29.0 Å². The fourth-order valence-corrected chi connectivity index (χ4v) is 3.17. The van der Waals surface area contributed by atoms with Crippen LogP contribution < -0.4 is 10.5 Å². The summed E-state index contributed by atoms with van der Waals surface area (Å²) in [5, 5.41) is 0. The molecule has 2 unspecified atom stereocenters. The summed E-state index contributed by atoms with van der Waals surface area (Å²) in [6, 6.07) is 17.3. The van der Waals surface area contributed by atoms with E-state index in [4.69, 9.17) is 10.5 Å². The molecule has 0 saturated carbocycles. The largest absolute Gasteiger partial charge is 0.497 e. The Labute approximate surface area is 120 Å². The lowest BCUT2D eigenvalue weighted by Gasteiger charge is -2.31. The third kappa shape index (κ3) is 2.56. The summed E-state index contributed by atoms with van der Waals surface area (Å²) >= 11 is 0. The van der Waals surface area contributed by atoms with Gasteiger partial charge in [-0.05, 0) is 48.1 Å². The fourth-order valence-electron chi connectivity index (χ4n) is 3.17. The molecular formula is C18H21NO. The molecule has 0 heterocycles. The van der Waals surface area contributed by atoms with E-state index in [0.717, 1.165) is 25.0 Å². The van der Waals surface area contributed by atoms with Gasteiger partial charge in [-0.1, -0.05) is 36.4 Å². The molecular weight excluding hydrogens is 246 g/mol. The Kier molecular flexibility index (Phi) is 3.75. The van der Waals surface area contributed by atoms with Gasteiger partial charge >= 0.3 is 0 Å². The lowest BCUT2D eigenvalue weighted by Crippen LogP contribution is -2.34. The number of methoxy groups -OCH3 is 1. The van der Waals surface area contributed by atoms with Crippen LogP contribution in [0.25, 0.3) is 0 Å². The van der Waals surface area contributed by atoms with Gasteiger partial charge in [0.25, 0.3) is 0 Å². The van der Waals surface area contributed by atoms with Gasteiger partial charge in [0.05, 0.1) is 7.11 Å². The van der Waals surface area contributed by atoms with Crippen LogP contribution in [-0.2, 0) is 12.8 Å². The normalized spacial score (nSPS) is 21.3. The standard InChI is InChI=1S/C18H21NO/c1-20-15-8-9-16-14(12-15)7-10-18(19)17(16)11-13-5-3-2-4-6-13/h2-6,8-9,12,17-18H,7,10-11,19H2,1H3. The molecule has 0 spiro atoms. The third-order valence-electron chi connectivity index (χ3n) is 4.31. The Balaban J connectivity index is 1.91. The van der Waals surface area contributed by atoms with Crippen LogP contribution in [0.5, 0.6) is 5.75 Å². The van der Waals surface area contributed by atoms with Crippen molar-refractivity contribution in [2.75, 3.05) is 7.11 Å². The molecule has 0 fully saturated rings. The van der Waals surface area contributed by atoms with Crippen LogP contribution in [0.4, 0.5) is 0 Å². The average Bonchev–Trinajstić information content (AvgIpc) is 2.50. The van der Waals surface area contributed by atoms with E-state index >= 15 is 0 Å². The average molecular weight is 267 g/mol. The first-order chi connectivity index (χ1) is 9.78. The maximum atomic E-state index is 6.38. The maximum Gasteiger partial charge on any atom is 0.119 e. The Hall–Kier alpha value is -1.80. The van der Waals surface area contributed by atoms with Crippen LogP contribution in [0.15, 0.2) is 48.5 Å². The van der Waals surface area contributed by atoms with Gasteiger partial charge in [0.2, 0.25) is 0 Å². The zero-order chi connectivity index (χ0) is 13.9. The summed E-state index contributed by atoms with van der Waals surface area (Å²) in [4.78, 5) is 0. The molecule has 2 atom stereocenters. The van der Waals surface area contributed by atoms with Gasteiger partial charge in [-0.3, -0.25) is 0 Å². The number of rotatable bonds is 3. The molecule has 0 aromatic heterocycles. The summed E-state index contributed by atoms with van der Waals surface area (Å²) < 4.78 is 5.33. The topological polar surface area (TPSA) is 35.2 Å². The highest BCUT2D eigenvalue weighted by atomic mass is 16.5. The van der Waals surface area contributed by atoms with E-state index in [1.54, 1.807) is 7.11 Å². The first-order valence-electron chi connectivity index (χ1n) is 7.24. The minimum atomic E-state index is 0.246. The summed E-state index contributed by atoms with van der Waals surface area (Å²) in [6.45, 7) is 0. The molecule has 0 bridgehead atoms. The lowest BCUT2D eigenvalue weighted by atomic mass is 9.76. The minimum Gasteiger partial charge on any atom is -0.497 e. The quantitative estimate of drug-likeness (QED) is 0.926. The van der Waals surface area contributed by atoms with Gasteiger partial charge in [-0.2, -0.15) is 0 Å². The molecule has 2 heteroatoms. The Bertz CT molecular complexity index is 579. The van der Waals surface area contributed by atoms with Crippen molar-refractivity contribution >= 4 is 0 Å². The van der Waals surface area contributed by atoms with E-state index in [1.807, 2.05) is 0 Å². The Morgan fingerprint density at radius 3 is 2.70 bits per heavy atom. The van der Waals surface area contributed by atoms with E-state index in [9.17, 15) is 0 Å². The molecule has 104 valence electrons. The summed E-state index contributed by atoms with van der Waals surface area (Å²) in [5.74, 6) is 1.35. The molecule has 0 radical (unpaired) electrons. The molecule has 2 aromatic carbocycles. The predicted octanol–water partition coefficient (Wildman–Crippen LogP) is 3.30. The van der Waals surface area contributed by atoms with E-state index in [-0.39, 0.29) is 6.04 Å². The number of hydrogen-bond donors (Lipinski definition) is 1. The van der Waals surface area contributed by atoms with E-state index in [2.05, 4.69) is 48.5 Å². The van der Waals surface area contributed by atoms with Gasteiger partial charge in [0.15, 0.2) is 0 Å². The number of benzene rings is 2. The second-order valence-electron chi connectivity index (χ2n) is 5.56. The first kappa shape index (κ1) is 13.2. The highest BCUT2D eigenvalue weighted by Crippen LogP contribution is 2.35. The Morgan fingerprint density at radius 2 is 1.95 bits per heavy atom. The second kappa shape index (κ2) is 5.68. The number of hydrogen-bond acceptors (Lipinski definition) is 2. The van der Waals surface area contributed by atoms with E-state index < -0.39 is 0 Å². The number of ether oxygens (including phenoxy) is 1. The Morgan fingerprint density at radius 1 is 1.15 bits per heavy atom. The number of nitrogens with two attached hydrogens (primary N) is 1. The summed E-state index contributed by atoms with van der Waals surface area (Å²) in [6.07, 6.45) is 3.12. The van der Waals surface area contributed by atoms with Crippen molar-refractivity contribution in [2.24, 2.45) is 5.73 Å². The zero-order valence-electron chi connectivity index (χ0n) is 11.9. The molecule has 2 aromatic rings. The van der Waals surface area contributed by atoms with Gasteiger partial charge in [0, 0.05) is 12.0 Å². The number of aryl methyl sites for hydroxylation is 1. The second-order valence-corrected chi connectivity index (χ2v) is 5.56. The van der Waals surface area contributed by atoms with Crippen molar-refractivity contribution in [1.82, 2.24) is 0 Å². The highest BCUT2D eigenvalue weighted by Gasteiger charge is 2.27. The molecule has 1 aliphatic carbocycles. The van der Waals surface area contributed by atoms with Crippen LogP contribution >= 0.6 is 0 Å². The van der Waals surface area contributed by atoms with Gasteiger partial charge in [-0.25, -0.2) is 0 Å². The van der Waals surface area contributed by atoms with Gasteiger partial charge in [0.1, 0.15) is 5.75 Å². The monoisotopic (exact) mass is 267 g/mol. The molecule has 2 nitrogen and oxygen atoms in total. The minimum absolute atomic E-state index is 0.246.